The van der Waals surface area contributed by atoms with Gasteiger partial charge in [-0.25, -0.2) is 0 Å². The number of rotatable bonds is 7. The zero-order valence-corrected chi connectivity index (χ0v) is 19.5. The fourth-order valence-corrected chi connectivity index (χ4v) is 3.80. The highest BCUT2D eigenvalue weighted by atomic mass is 79.9. The lowest BCUT2D eigenvalue weighted by Gasteiger charge is -2.15. The van der Waals surface area contributed by atoms with Crippen LogP contribution in [0, 0.1) is 6.92 Å². The van der Waals surface area contributed by atoms with Gasteiger partial charge in [-0.1, -0.05) is 55.6 Å². The fraction of sp³-hybridized carbons (Fsp3) is 0.182. The minimum atomic E-state index is 0.416. The lowest BCUT2D eigenvalue weighted by atomic mass is 10.1. The highest BCUT2D eigenvalue weighted by molar-refractivity contribution is 9.10. The first kappa shape index (κ1) is 21.0. The van der Waals surface area contributed by atoms with E-state index < -0.39 is 0 Å². The maximum atomic E-state index is 6.49. The molecular weight excluding hydrogens is 506 g/mol. The third-order valence-electron chi connectivity index (χ3n) is 4.26. The van der Waals surface area contributed by atoms with Crippen molar-refractivity contribution in [2.45, 2.75) is 20.1 Å². The average molecular weight is 526 g/mol. The largest absolute Gasteiger partial charge is 0.493 e. The van der Waals surface area contributed by atoms with Gasteiger partial charge in [0.25, 0.3) is 0 Å². The predicted molar refractivity (Wildman–Crippen MR) is 123 cm³/mol. The topological polar surface area (TPSA) is 30.5 Å². The maximum absolute atomic E-state index is 6.49. The van der Waals surface area contributed by atoms with Gasteiger partial charge in [-0.2, -0.15) is 0 Å². The van der Waals surface area contributed by atoms with Crippen molar-refractivity contribution in [1.29, 1.82) is 0 Å². The van der Waals surface area contributed by atoms with Gasteiger partial charge in [0.05, 0.1) is 12.1 Å². The Balaban J connectivity index is 1.72. The molecule has 0 unspecified atom stereocenters. The van der Waals surface area contributed by atoms with Gasteiger partial charge in [-0.3, -0.25) is 0 Å². The number of aryl methyl sites for hydroxylation is 1. The number of ether oxygens (including phenoxy) is 2. The normalized spacial score (nSPS) is 10.6. The van der Waals surface area contributed by atoms with Crippen LogP contribution in [0.2, 0.25) is 5.02 Å². The molecule has 6 heteroatoms. The van der Waals surface area contributed by atoms with Crippen molar-refractivity contribution < 1.29 is 9.47 Å². The van der Waals surface area contributed by atoms with Crippen LogP contribution in [0.3, 0.4) is 0 Å². The summed E-state index contributed by atoms with van der Waals surface area (Å²) in [5.74, 6) is 1.17. The molecule has 3 rings (SSSR count). The summed E-state index contributed by atoms with van der Waals surface area (Å²) in [6.45, 7) is 3.12. The number of halogens is 3. The minimum Gasteiger partial charge on any atom is -0.493 e. The molecule has 0 atom stereocenters. The first-order valence-electron chi connectivity index (χ1n) is 8.70. The molecule has 0 aromatic heterocycles. The van der Waals surface area contributed by atoms with Crippen LogP contribution in [-0.2, 0) is 13.2 Å². The Morgan fingerprint density at radius 1 is 0.929 bits per heavy atom. The second-order valence-electron chi connectivity index (χ2n) is 6.34. The smallest absolute Gasteiger partial charge is 0.180 e. The van der Waals surface area contributed by atoms with Crippen LogP contribution in [0.15, 0.2) is 63.5 Å². The van der Waals surface area contributed by atoms with Gasteiger partial charge >= 0.3 is 0 Å². The Morgan fingerprint density at radius 2 is 1.64 bits per heavy atom. The van der Waals surface area contributed by atoms with E-state index >= 15 is 0 Å². The molecule has 0 aliphatic rings. The van der Waals surface area contributed by atoms with Gasteiger partial charge in [0.15, 0.2) is 11.5 Å². The van der Waals surface area contributed by atoms with Gasteiger partial charge in [-0.05, 0) is 66.1 Å². The molecule has 28 heavy (non-hydrogen) atoms. The average Bonchev–Trinajstić information content (AvgIpc) is 2.67. The first-order chi connectivity index (χ1) is 13.5. The van der Waals surface area contributed by atoms with Gasteiger partial charge < -0.3 is 14.8 Å². The monoisotopic (exact) mass is 523 g/mol. The Hall–Kier alpha value is -1.69. The summed E-state index contributed by atoms with van der Waals surface area (Å²) < 4.78 is 13.5. The van der Waals surface area contributed by atoms with Crippen LogP contribution in [0.5, 0.6) is 11.5 Å². The third-order valence-corrected chi connectivity index (χ3v) is 5.56. The molecule has 3 aromatic rings. The quantitative estimate of drug-likeness (QED) is 0.349. The molecule has 0 aliphatic heterocycles. The molecule has 0 spiro atoms. The van der Waals surface area contributed by atoms with E-state index in [4.69, 9.17) is 21.1 Å². The van der Waals surface area contributed by atoms with Crippen LogP contribution in [-0.4, -0.2) is 7.11 Å². The van der Waals surface area contributed by atoms with E-state index in [-0.39, 0.29) is 0 Å². The number of hydrogen-bond donors (Lipinski definition) is 1. The lowest BCUT2D eigenvalue weighted by Crippen LogP contribution is -2.03. The minimum absolute atomic E-state index is 0.416. The number of nitrogens with one attached hydrogen (secondary N) is 1. The standard InChI is InChI=1S/C22H20Br2ClNO2/c1-14-9-18(24)7-8-20(14)26-12-16-10-19(25)22(21(11-16)27-2)28-13-15-3-5-17(23)6-4-15/h3-11,26H,12-13H2,1-2H3. The van der Waals surface area contributed by atoms with Crippen LogP contribution >= 0.6 is 43.5 Å². The highest BCUT2D eigenvalue weighted by Gasteiger charge is 2.13. The van der Waals surface area contributed by atoms with E-state index in [1.165, 1.54) is 5.56 Å². The van der Waals surface area contributed by atoms with E-state index in [9.17, 15) is 0 Å². The summed E-state index contributed by atoms with van der Waals surface area (Å²) in [6, 6.07) is 18.0. The van der Waals surface area contributed by atoms with Gasteiger partial charge in [0.2, 0.25) is 0 Å². The van der Waals surface area contributed by atoms with Crippen molar-refractivity contribution >= 4 is 49.1 Å². The Labute approximate surface area is 187 Å². The SMILES string of the molecule is COc1cc(CNc2ccc(Br)cc2C)cc(Cl)c1OCc1ccc(Br)cc1. The molecule has 1 N–H and O–H groups in total. The van der Waals surface area contributed by atoms with Gasteiger partial charge in [0, 0.05) is 21.2 Å². The van der Waals surface area contributed by atoms with E-state index in [0.717, 1.165) is 25.8 Å². The van der Waals surface area contributed by atoms with Gasteiger partial charge in [0.1, 0.15) is 6.61 Å². The van der Waals surface area contributed by atoms with Crippen molar-refractivity contribution in [3.8, 4) is 11.5 Å². The van der Waals surface area contributed by atoms with Crippen LogP contribution in [0.4, 0.5) is 5.69 Å². The molecule has 0 radical (unpaired) electrons. The zero-order chi connectivity index (χ0) is 20.1. The van der Waals surface area contributed by atoms with Gasteiger partial charge in [-0.15, -0.1) is 0 Å². The van der Waals surface area contributed by atoms with Crippen LogP contribution in [0.25, 0.3) is 0 Å². The Morgan fingerprint density at radius 3 is 2.32 bits per heavy atom. The Kier molecular flexibility index (Phi) is 7.27. The second kappa shape index (κ2) is 9.68. The van der Waals surface area contributed by atoms with Crippen molar-refractivity contribution in [2.75, 3.05) is 12.4 Å². The molecule has 0 amide bonds. The predicted octanol–water partition coefficient (Wildman–Crippen LogP) is 7.37. The summed E-state index contributed by atoms with van der Waals surface area (Å²) in [5, 5.41) is 3.97. The fourth-order valence-electron chi connectivity index (χ4n) is 2.77. The number of anilines is 1. The van der Waals surface area contributed by atoms with Crippen molar-refractivity contribution in [2.24, 2.45) is 0 Å². The van der Waals surface area contributed by atoms with E-state index in [1.54, 1.807) is 7.11 Å². The van der Waals surface area contributed by atoms with Crippen molar-refractivity contribution in [1.82, 2.24) is 0 Å². The maximum Gasteiger partial charge on any atom is 0.180 e. The Bertz CT molecular complexity index is 961. The molecule has 3 nitrogen and oxygen atoms in total. The number of benzene rings is 3. The molecule has 0 bridgehead atoms. The molecular formula is C22H20Br2ClNO2. The summed E-state index contributed by atoms with van der Waals surface area (Å²) in [6.07, 6.45) is 0. The molecule has 0 saturated carbocycles. The van der Waals surface area contributed by atoms with E-state index in [0.29, 0.717) is 29.7 Å². The molecule has 3 aromatic carbocycles. The lowest BCUT2D eigenvalue weighted by molar-refractivity contribution is 0.284. The number of methoxy groups -OCH3 is 1. The molecule has 0 aliphatic carbocycles. The summed E-state index contributed by atoms with van der Waals surface area (Å²) >= 11 is 13.4. The molecule has 0 saturated heterocycles. The van der Waals surface area contributed by atoms with E-state index in [1.807, 2.05) is 48.5 Å². The summed E-state index contributed by atoms with van der Waals surface area (Å²) in [4.78, 5) is 0. The van der Waals surface area contributed by atoms with Crippen molar-refractivity contribution in [3.05, 3.63) is 85.3 Å². The molecule has 0 heterocycles. The van der Waals surface area contributed by atoms with Crippen LogP contribution in [0.1, 0.15) is 16.7 Å². The van der Waals surface area contributed by atoms with Crippen molar-refractivity contribution in [3.63, 3.8) is 0 Å². The summed E-state index contributed by atoms with van der Waals surface area (Å²) in [5.41, 5.74) is 4.31. The third kappa shape index (κ3) is 5.43. The first-order valence-corrected chi connectivity index (χ1v) is 10.7. The van der Waals surface area contributed by atoms with Crippen LogP contribution < -0.4 is 14.8 Å². The molecule has 146 valence electrons. The number of hydrogen-bond acceptors (Lipinski definition) is 3. The second-order valence-corrected chi connectivity index (χ2v) is 8.58. The zero-order valence-electron chi connectivity index (χ0n) is 15.6. The molecule has 0 fully saturated rings. The van der Waals surface area contributed by atoms with E-state index in [2.05, 4.69) is 50.2 Å². The summed E-state index contributed by atoms with van der Waals surface area (Å²) in [7, 11) is 1.62. The highest BCUT2D eigenvalue weighted by Crippen LogP contribution is 2.37.